The summed E-state index contributed by atoms with van der Waals surface area (Å²) in [4.78, 5) is 16.7. The van der Waals surface area contributed by atoms with Gasteiger partial charge in [-0.25, -0.2) is 8.42 Å². The third-order valence-electron chi connectivity index (χ3n) is 4.22. The van der Waals surface area contributed by atoms with Crippen LogP contribution in [0.15, 0.2) is 6.07 Å². The molecule has 1 aliphatic rings. The van der Waals surface area contributed by atoms with E-state index in [1.54, 1.807) is 16.2 Å². The van der Waals surface area contributed by atoms with E-state index >= 15 is 0 Å². The van der Waals surface area contributed by atoms with Crippen LogP contribution in [0.25, 0.3) is 0 Å². The molecule has 0 saturated carbocycles. The summed E-state index contributed by atoms with van der Waals surface area (Å²) in [6.45, 7) is 6.85. The molecule has 0 aromatic carbocycles. The van der Waals surface area contributed by atoms with Gasteiger partial charge in [0, 0.05) is 17.5 Å². The van der Waals surface area contributed by atoms with Gasteiger partial charge < -0.3 is 4.90 Å². The first-order chi connectivity index (χ1) is 10.4. The molecule has 22 heavy (non-hydrogen) atoms. The molecule has 1 unspecified atom stereocenters. The predicted octanol–water partition coefficient (Wildman–Crippen LogP) is 3.05. The molecule has 0 aliphatic carbocycles. The van der Waals surface area contributed by atoms with Crippen molar-refractivity contribution in [1.29, 1.82) is 0 Å². The fourth-order valence-corrected chi connectivity index (χ4v) is 5.72. The summed E-state index contributed by atoms with van der Waals surface area (Å²) < 4.78 is 23.5. The Morgan fingerprint density at radius 3 is 2.64 bits per heavy atom. The molecule has 0 bridgehead atoms. The largest absolute Gasteiger partial charge is 0.334 e. The number of carbonyl (C=O) groups is 1. The van der Waals surface area contributed by atoms with Crippen molar-refractivity contribution in [1.82, 2.24) is 4.90 Å². The van der Waals surface area contributed by atoms with Gasteiger partial charge in [-0.1, -0.05) is 20.3 Å². The van der Waals surface area contributed by atoms with E-state index in [0.717, 1.165) is 29.7 Å². The van der Waals surface area contributed by atoms with Gasteiger partial charge in [-0.15, -0.1) is 11.3 Å². The highest BCUT2D eigenvalue weighted by molar-refractivity contribution is 7.91. The summed E-state index contributed by atoms with van der Waals surface area (Å²) in [5.41, 5.74) is 1.16. The fourth-order valence-electron chi connectivity index (χ4n) is 2.92. The quantitative estimate of drug-likeness (QED) is 0.798. The minimum Gasteiger partial charge on any atom is -0.334 e. The SMILES string of the molecule is CCCCN(C(=O)c1cc(C)c(CC)s1)C1CCS(=O)(=O)C1. The Kier molecular flexibility index (Phi) is 5.66. The van der Waals surface area contributed by atoms with Crippen molar-refractivity contribution in [2.75, 3.05) is 18.1 Å². The van der Waals surface area contributed by atoms with Gasteiger partial charge in [0.15, 0.2) is 9.84 Å². The molecule has 1 aliphatic heterocycles. The van der Waals surface area contributed by atoms with E-state index in [1.165, 1.54) is 4.88 Å². The lowest BCUT2D eigenvalue weighted by atomic mass is 10.1. The van der Waals surface area contributed by atoms with Gasteiger partial charge in [-0.3, -0.25) is 4.79 Å². The Hall–Kier alpha value is -0.880. The highest BCUT2D eigenvalue weighted by Crippen LogP contribution is 2.26. The number of hydrogen-bond acceptors (Lipinski definition) is 4. The predicted molar refractivity (Wildman–Crippen MR) is 91.4 cm³/mol. The van der Waals surface area contributed by atoms with Gasteiger partial charge in [-0.05, 0) is 37.8 Å². The molecule has 2 heterocycles. The summed E-state index contributed by atoms with van der Waals surface area (Å²) in [6, 6.07) is 1.80. The number of rotatable bonds is 6. The highest BCUT2D eigenvalue weighted by atomic mass is 32.2. The Morgan fingerprint density at radius 1 is 1.41 bits per heavy atom. The lowest BCUT2D eigenvalue weighted by molar-refractivity contribution is 0.0699. The van der Waals surface area contributed by atoms with E-state index in [0.29, 0.717) is 13.0 Å². The number of hydrogen-bond donors (Lipinski definition) is 0. The van der Waals surface area contributed by atoms with Gasteiger partial charge in [0.25, 0.3) is 5.91 Å². The average Bonchev–Trinajstić information content (AvgIpc) is 3.01. The van der Waals surface area contributed by atoms with Crippen molar-refractivity contribution in [2.45, 2.75) is 52.5 Å². The molecule has 6 heteroatoms. The summed E-state index contributed by atoms with van der Waals surface area (Å²) in [5.74, 6) is 0.327. The zero-order valence-electron chi connectivity index (χ0n) is 13.6. The van der Waals surface area contributed by atoms with Crippen LogP contribution in [0.3, 0.4) is 0 Å². The molecule has 0 radical (unpaired) electrons. The van der Waals surface area contributed by atoms with E-state index in [-0.39, 0.29) is 23.5 Å². The Labute approximate surface area is 137 Å². The molecule has 1 aromatic rings. The molecule has 2 rings (SSSR count). The number of thiophene rings is 1. The number of sulfone groups is 1. The van der Waals surface area contributed by atoms with Crippen molar-refractivity contribution in [2.24, 2.45) is 0 Å². The van der Waals surface area contributed by atoms with Gasteiger partial charge in [0.1, 0.15) is 0 Å². The minimum atomic E-state index is -2.98. The number of nitrogens with zero attached hydrogens (tertiary/aromatic N) is 1. The average molecular weight is 344 g/mol. The molecule has 4 nitrogen and oxygen atoms in total. The number of unbranched alkanes of at least 4 members (excludes halogenated alkanes) is 1. The first kappa shape index (κ1) is 17.5. The standard InChI is InChI=1S/C16H25NO3S2/c1-4-6-8-17(13-7-9-22(19,20)11-13)16(18)15-10-12(3)14(5-2)21-15/h10,13H,4-9,11H2,1-3H3. The van der Waals surface area contributed by atoms with Crippen LogP contribution in [-0.2, 0) is 16.3 Å². The molecule has 1 saturated heterocycles. The van der Waals surface area contributed by atoms with E-state index in [4.69, 9.17) is 0 Å². The summed E-state index contributed by atoms with van der Waals surface area (Å²) in [6.07, 6.45) is 3.40. The van der Waals surface area contributed by atoms with Crippen LogP contribution >= 0.6 is 11.3 Å². The zero-order chi connectivity index (χ0) is 16.3. The van der Waals surface area contributed by atoms with Crippen molar-refractivity contribution < 1.29 is 13.2 Å². The van der Waals surface area contributed by atoms with Gasteiger partial charge in [-0.2, -0.15) is 0 Å². The Balaban J connectivity index is 2.22. The first-order valence-corrected chi connectivity index (χ1v) is 10.6. The zero-order valence-corrected chi connectivity index (χ0v) is 15.2. The molecule has 1 fully saturated rings. The highest BCUT2D eigenvalue weighted by Gasteiger charge is 2.35. The molecule has 0 spiro atoms. The Morgan fingerprint density at radius 2 is 2.14 bits per heavy atom. The second kappa shape index (κ2) is 7.13. The van der Waals surface area contributed by atoms with Crippen molar-refractivity contribution in [3.05, 3.63) is 21.4 Å². The van der Waals surface area contributed by atoms with Gasteiger partial charge >= 0.3 is 0 Å². The fraction of sp³-hybridized carbons (Fsp3) is 0.688. The third kappa shape index (κ3) is 3.90. The van der Waals surface area contributed by atoms with Crippen LogP contribution in [0.4, 0.5) is 0 Å². The molecular weight excluding hydrogens is 318 g/mol. The summed E-state index contributed by atoms with van der Waals surface area (Å²) >= 11 is 1.55. The molecule has 0 N–H and O–H groups in total. The molecular formula is C16H25NO3S2. The van der Waals surface area contributed by atoms with Crippen LogP contribution in [-0.4, -0.2) is 43.3 Å². The molecule has 1 aromatic heterocycles. The maximum Gasteiger partial charge on any atom is 0.264 e. The maximum absolute atomic E-state index is 12.9. The number of amides is 1. The maximum atomic E-state index is 12.9. The molecule has 124 valence electrons. The third-order valence-corrected chi connectivity index (χ3v) is 7.33. The Bertz CT molecular complexity index is 634. The van der Waals surface area contributed by atoms with E-state index in [9.17, 15) is 13.2 Å². The summed E-state index contributed by atoms with van der Waals surface area (Å²) in [5, 5.41) is 0. The van der Waals surface area contributed by atoms with Crippen LogP contribution in [0, 0.1) is 6.92 Å². The van der Waals surface area contributed by atoms with E-state index in [2.05, 4.69) is 13.8 Å². The van der Waals surface area contributed by atoms with Gasteiger partial charge in [0.05, 0.1) is 16.4 Å². The van der Waals surface area contributed by atoms with Crippen molar-refractivity contribution >= 4 is 27.1 Å². The minimum absolute atomic E-state index is 0.00310. The van der Waals surface area contributed by atoms with Crippen LogP contribution < -0.4 is 0 Å². The lowest BCUT2D eigenvalue weighted by Gasteiger charge is -2.27. The molecule has 1 atom stereocenters. The van der Waals surface area contributed by atoms with Crippen LogP contribution in [0.2, 0.25) is 0 Å². The second-order valence-corrected chi connectivity index (χ2v) is 9.34. The van der Waals surface area contributed by atoms with Crippen LogP contribution in [0.1, 0.15) is 53.2 Å². The second-order valence-electron chi connectivity index (χ2n) is 5.98. The van der Waals surface area contributed by atoms with Gasteiger partial charge in [0.2, 0.25) is 0 Å². The van der Waals surface area contributed by atoms with E-state index < -0.39 is 9.84 Å². The topological polar surface area (TPSA) is 54.5 Å². The first-order valence-electron chi connectivity index (χ1n) is 7.98. The lowest BCUT2D eigenvalue weighted by Crippen LogP contribution is -2.41. The number of carbonyl (C=O) groups excluding carboxylic acids is 1. The van der Waals surface area contributed by atoms with Crippen molar-refractivity contribution in [3.63, 3.8) is 0 Å². The molecule has 1 amide bonds. The monoisotopic (exact) mass is 343 g/mol. The normalized spacial score (nSPS) is 20.2. The van der Waals surface area contributed by atoms with Crippen molar-refractivity contribution in [3.8, 4) is 0 Å². The number of aryl methyl sites for hydroxylation is 2. The van der Waals surface area contributed by atoms with E-state index in [1.807, 2.05) is 13.0 Å². The van der Waals surface area contributed by atoms with Crippen LogP contribution in [0.5, 0.6) is 0 Å². The summed E-state index contributed by atoms with van der Waals surface area (Å²) in [7, 11) is -2.98. The smallest absolute Gasteiger partial charge is 0.264 e.